The van der Waals surface area contributed by atoms with Crippen molar-refractivity contribution in [1.82, 2.24) is 14.5 Å². The van der Waals surface area contributed by atoms with Crippen LogP contribution in [0.1, 0.15) is 18.7 Å². The second-order valence-corrected chi connectivity index (χ2v) is 8.29. The number of carbonyl (C=O) groups excluding carboxylic acids is 2. The molecule has 0 fully saturated rings. The van der Waals surface area contributed by atoms with Crippen LogP contribution in [-0.4, -0.2) is 32.8 Å². The number of hydrogen-bond acceptors (Lipinski definition) is 5. The zero-order valence-electron chi connectivity index (χ0n) is 16.2. The van der Waals surface area contributed by atoms with Crippen LogP contribution in [0.15, 0.2) is 47.2 Å². The standard InChI is InChI=1S/C21H19ClN4O2S/c1-4-26-20(27)15(11(2)17(23)21(26)28)9-14-10-16-19(29-14)24-18(25(16)3)12-5-7-13(22)8-6-12/h5-10H,4,23H2,1-3H3/b15-9-. The molecule has 29 heavy (non-hydrogen) atoms. The Labute approximate surface area is 176 Å². The second-order valence-electron chi connectivity index (χ2n) is 6.79. The van der Waals surface area contributed by atoms with Gasteiger partial charge in [-0.15, -0.1) is 11.3 Å². The summed E-state index contributed by atoms with van der Waals surface area (Å²) >= 11 is 7.46. The fourth-order valence-electron chi connectivity index (χ4n) is 3.37. The van der Waals surface area contributed by atoms with Crippen molar-refractivity contribution >= 4 is 51.2 Å². The summed E-state index contributed by atoms with van der Waals surface area (Å²) in [6.45, 7) is 3.73. The highest BCUT2D eigenvalue weighted by molar-refractivity contribution is 7.19. The van der Waals surface area contributed by atoms with Gasteiger partial charge in [-0.1, -0.05) is 11.6 Å². The van der Waals surface area contributed by atoms with Crippen LogP contribution in [0.2, 0.25) is 5.02 Å². The number of likely N-dealkylation sites (N-methyl/N-ethyl adjacent to an activating group) is 1. The quantitative estimate of drug-likeness (QED) is 0.507. The fraction of sp³-hybridized carbons (Fsp3) is 0.190. The van der Waals surface area contributed by atoms with Gasteiger partial charge in [-0.05, 0) is 55.8 Å². The summed E-state index contributed by atoms with van der Waals surface area (Å²) in [5, 5.41) is 0.679. The normalized spacial score (nSPS) is 16.6. The topological polar surface area (TPSA) is 81.2 Å². The molecule has 0 bridgehead atoms. The first-order valence-electron chi connectivity index (χ1n) is 9.08. The van der Waals surface area contributed by atoms with E-state index in [9.17, 15) is 9.59 Å². The van der Waals surface area contributed by atoms with E-state index in [1.807, 2.05) is 41.9 Å². The molecule has 0 unspecified atom stereocenters. The summed E-state index contributed by atoms with van der Waals surface area (Å²) in [4.78, 5) is 32.6. The Hall–Kier alpha value is -2.90. The molecule has 3 heterocycles. The number of aromatic nitrogens is 2. The minimum Gasteiger partial charge on any atom is -0.394 e. The lowest BCUT2D eigenvalue weighted by atomic mass is 9.98. The highest BCUT2D eigenvalue weighted by Crippen LogP contribution is 2.33. The summed E-state index contributed by atoms with van der Waals surface area (Å²) < 4.78 is 2.01. The average Bonchev–Trinajstić information content (AvgIpc) is 3.23. The Balaban J connectivity index is 1.77. The Morgan fingerprint density at radius 3 is 2.52 bits per heavy atom. The monoisotopic (exact) mass is 426 g/mol. The van der Waals surface area contributed by atoms with E-state index in [1.54, 1.807) is 19.9 Å². The van der Waals surface area contributed by atoms with Crippen LogP contribution in [0.4, 0.5) is 0 Å². The van der Waals surface area contributed by atoms with Crippen molar-refractivity contribution in [1.29, 1.82) is 0 Å². The van der Waals surface area contributed by atoms with Gasteiger partial charge in [0.1, 0.15) is 16.4 Å². The van der Waals surface area contributed by atoms with Gasteiger partial charge in [0.15, 0.2) is 0 Å². The lowest BCUT2D eigenvalue weighted by Crippen LogP contribution is -2.44. The molecule has 6 nitrogen and oxygen atoms in total. The van der Waals surface area contributed by atoms with Crippen molar-refractivity contribution in [3.8, 4) is 11.4 Å². The summed E-state index contributed by atoms with van der Waals surface area (Å²) in [5.74, 6) is 0.0909. The number of hydrogen-bond donors (Lipinski definition) is 1. The molecule has 4 rings (SSSR count). The van der Waals surface area contributed by atoms with Gasteiger partial charge in [0.05, 0.1) is 5.52 Å². The molecule has 0 aliphatic carbocycles. The van der Waals surface area contributed by atoms with E-state index in [0.29, 0.717) is 16.2 Å². The number of halogens is 1. The van der Waals surface area contributed by atoms with Gasteiger partial charge in [-0.2, -0.15) is 0 Å². The molecule has 0 spiro atoms. The van der Waals surface area contributed by atoms with Crippen LogP contribution < -0.4 is 5.73 Å². The van der Waals surface area contributed by atoms with Crippen LogP contribution in [0.5, 0.6) is 0 Å². The van der Waals surface area contributed by atoms with Crippen molar-refractivity contribution in [3.05, 3.63) is 57.1 Å². The molecule has 1 aromatic carbocycles. The molecule has 8 heteroatoms. The van der Waals surface area contributed by atoms with Crippen LogP contribution in [0, 0.1) is 0 Å². The van der Waals surface area contributed by atoms with E-state index >= 15 is 0 Å². The largest absolute Gasteiger partial charge is 0.394 e. The molecule has 3 aromatic rings. The molecule has 2 aromatic heterocycles. The van der Waals surface area contributed by atoms with Crippen LogP contribution in [0.25, 0.3) is 27.8 Å². The molecule has 148 valence electrons. The number of fused-ring (bicyclic) bond motifs is 1. The van der Waals surface area contributed by atoms with Gasteiger partial charge in [-0.25, -0.2) is 4.98 Å². The first kappa shape index (κ1) is 19.4. The van der Waals surface area contributed by atoms with Gasteiger partial charge >= 0.3 is 0 Å². The number of imidazole rings is 1. The Morgan fingerprint density at radius 2 is 1.90 bits per heavy atom. The lowest BCUT2D eigenvalue weighted by Gasteiger charge is -2.26. The molecule has 2 amide bonds. The number of rotatable bonds is 3. The van der Waals surface area contributed by atoms with Crippen molar-refractivity contribution in [2.75, 3.05) is 6.54 Å². The summed E-state index contributed by atoms with van der Waals surface area (Å²) in [6.07, 6.45) is 1.79. The van der Waals surface area contributed by atoms with Gasteiger partial charge in [-0.3, -0.25) is 14.5 Å². The molecule has 0 saturated heterocycles. The van der Waals surface area contributed by atoms with Gasteiger partial charge in [0.25, 0.3) is 11.8 Å². The number of nitrogens with zero attached hydrogens (tertiary/aromatic N) is 3. The third-order valence-electron chi connectivity index (χ3n) is 5.06. The maximum Gasteiger partial charge on any atom is 0.276 e. The van der Waals surface area contributed by atoms with E-state index in [1.165, 1.54) is 16.2 Å². The van der Waals surface area contributed by atoms with Gasteiger partial charge < -0.3 is 10.3 Å². The number of benzene rings is 1. The maximum absolute atomic E-state index is 12.7. The number of imide groups is 1. The average molecular weight is 427 g/mol. The Kier molecular flexibility index (Phi) is 4.80. The number of aryl methyl sites for hydroxylation is 1. The summed E-state index contributed by atoms with van der Waals surface area (Å²) in [5.41, 5.74) is 8.95. The Bertz CT molecular complexity index is 1220. The number of nitrogens with two attached hydrogens (primary N) is 1. The molecule has 0 radical (unpaired) electrons. The van der Waals surface area contributed by atoms with E-state index in [-0.39, 0.29) is 18.1 Å². The fourth-order valence-corrected chi connectivity index (χ4v) is 4.50. The minimum atomic E-state index is -0.433. The number of amides is 2. The van der Waals surface area contributed by atoms with E-state index < -0.39 is 5.91 Å². The second kappa shape index (κ2) is 7.17. The first-order chi connectivity index (χ1) is 13.8. The predicted octanol–water partition coefficient (Wildman–Crippen LogP) is 3.96. The van der Waals surface area contributed by atoms with E-state index in [0.717, 1.165) is 26.6 Å². The van der Waals surface area contributed by atoms with E-state index in [2.05, 4.69) is 0 Å². The van der Waals surface area contributed by atoms with E-state index in [4.69, 9.17) is 22.3 Å². The highest BCUT2D eigenvalue weighted by atomic mass is 35.5. The van der Waals surface area contributed by atoms with Crippen molar-refractivity contribution in [3.63, 3.8) is 0 Å². The molecular formula is C21H19ClN4O2S. The summed E-state index contributed by atoms with van der Waals surface area (Å²) in [6, 6.07) is 9.54. The number of thiophene rings is 1. The number of carbonyl (C=O) groups is 2. The zero-order valence-corrected chi connectivity index (χ0v) is 17.8. The first-order valence-corrected chi connectivity index (χ1v) is 10.3. The van der Waals surface area contributed by atoms with Crippen LogP contribution in [0.3, 0.4) is 0 Å². The van der Waals surface area contributed by atoms with Gasteiger partial charge in [0.2, 0.25) is 0 Å². The van der Waals surface area contributed by atoms with Crippen molar-refractivity contribution in [2.24, 2.45) is 12.8 Å². The smallest absolute Gasteiger partial charge is 0.276 e. The third-order valence-corrected chi connectivity index (χ3v) is 6.28. The third kappa shape index (κ3) is 3.16. The maximum atomic E-state index is 12.7. The Morgan fingerprint density at radius 1 is 1.21 bits per heavy atom. The molecule has 0 atom stereocenters. The predicted molar refractivity (Wildman–Crippen MR) is 116 cm³/mol. The zero-order chi connectivity index (χ0) is 20.9. The molecule has 0 saturated carbocycles. The molecular weight excluding hydrogens is 408 g/mol. The van der Waals surface area contributed by atoms with Crippen LogP contribution >= 0.6 is 22.9 Å². The molecule has 1 aliphatic heterocycles. The van der Waals surface area contributed by atoms with Crippen LogP contribution in [-0.2, 0) is 16.6 Å². The molecule has 2 N–H and O–H groups in total. The van der Waals surface area contributed by atoms with Crippen molar-refractivity contribution < 1.29 is 9.59 Å². The highest BCUT2D eigenvalue weighted by Gasteiger charge is 2.33. The minimum absolute atomic E-state index is 0.113. The molecule has 1 aliphatic rings. The van der Waals surface area contributed by atoms with Crippen molar-refractivity contribution in [2.45, 2.75) is 13.8 Å². The summed E-state index contributed by atoms with van der Waals surface area (Å²) in [7, 11) is 1.95. The SMILES string of the molecule is CCN1C(=O)C(N)=C(C)/C(=C/c2cc3c(nc(-c4ccc(Cl)cc4)n3C)s2)C1=O. The lowest BCUT2D eigenvalue weighted by molar-refractivity contribution is -0.140. The van der Waals surface area contributed by atoms with Gasteiger partial charge in [0, 0.05) is 34.6 Å².